The Labute approximate surface area is 190 Å². The van der Waals surface area contributed by atoms with Gasteiger partial charge in [-0.1, -0.05) is 19.1 Å². The molecule has 3 N–H and O–H groups in total. The van der Waals surface area contributed by atoms with Gasteiger partial charge in [-0.3, -0.25) is 14.7 Å². The molecule has 9 heteroatoms. The maximum Gasteiger partial charge on any atom is 0.239 e. The van der Waals surface area contributed by atoms with Crippen LogP contribution in [-0.2, 0) is 9.53 Å². The largest absolute Gasteiger partial charge is 0.497 e. The monoisotopic (exact) mass is 519 g/mol. The highest BCUT2D eigenvalue weighted by Gasteiger charge is 2.23. The van der Waals surface area contributed by atoms with Crippen LogP contribution in [-0.4, -0.2) is 76.9 Å². The van der Waals surface area contributed by atoms with Gasteiger partial charge >= 0.3 is 0 Å². The summed E-state index contributed by atoms with van der Waals surface area (Å²) in [5.41, 5.74) is 1.20. The van der Waals surface area contributed by atoms with E-state index < -0.39 is 0 Å². The third kappa shape index (κ3) is 8.75. The number of carbonyl (C=O) groups excluding carboxylic acids is 1. The van der Waals surface area contributed by atoms with Crippen LogP contribution in [0.3, 0.4) is 0 Å². The molecule has 8 nitrogen and oxygen atoms in total. The molecular weight excluding hydrogens is 485 g/mol. The zero-order valence-electron chi connectivity index (χ0n) is 17.6. The SMILES string of the molecule is CCCNC(=O)CNC(=NC)NCC(c1ccc(OC)cc1)N1CCOCC1.I. The second-order valence-corrected chi connectivity index (χ2v) is 6.59. The fraction of sp³-hybridized carbons (Fsp3) is 0.600. The third-order valence-corrected chi connectivity index (χ3v) is 4.66. The van der Waals surface area contributed by atoms with E-state index in [0.717, 1.165) is 38.5 Å². The van der Waals surface area contributed by atoms with Gasteiger partial charge in [0.05, 0.1) is 32.9 Å². The van der Waals surface area contributed by atoms with Crippen molar-refractivity contribution in [2.24, 2.45) is 4.99 Å². The van der Waals surface area contributed by atoms with Crippen LogP contribution in [0.2, 0.25) is 0 Å². The van der Waals surface area contributed by atoms with Gasteiger partial charge in [0.2, 0.25) is 5.91 Å². The molecule has 1 fully saturated rings. The Morgan fingerprint density at radius 2 is 1.90 bits per heavy atom. The summed E-state index contributed by atoms with van der Waals surface area (Å²) in [5, 5.41) is 9.27. The number of carbonyl (C=O) groups is 1. The summed E-state index contributed by atoms with van der Waals surface area (Å²) in [5.74, 6) is 1.41. The Balaban J connectivity index is 0.00000420. The predicted molar refractivity (Wildman–Crippen MR) is 126 cm³/mol. The minimum atomic E-state index is -0.0373. The number of morpholine rings is 1. The van der Waals surface area contributed by atoms with Crippen LogP contribution in [0.15, 0.2) is 29.3 Å². The van der Waals surface area contributed by atoms with E-state index in [0.29, 0.717) is 19.0 Å². The number of hydrogen-bond acceptors (Lipinski definition) is 5. The fourth-order valence-corrected chi connectivity index (χ4v) is 3.08. The molecule has 2 rings (SSSR count). The number of ether oxygens (including phenoxy) is 2. The fourth-order valence-electron chi connectivity index (χ4n) is 3.08. The first-order chi connectivity index (χ1) is 13.7. The van der Waals surface area contributed by atoms with Crippen molar-refractivity contribution in [2.75, 3.05) is 60.1 Å². The Hall–Kier alpha value is -1.59. The molecule has 29 heavy (non-hydrogen) atoms. The van der Waals surface area contributed by atoms with Crippen LogP contribution in [0.5, 0.6) is 5.75 Å². The summed E-state index contributed by atoms with van der Waals surface area (Å²) >= 11 is 0. The van der Waals surface area contributed by atoms with Crippen LogP contribution >= 0.6 is 24.0 Å². The number of methoxy groups -OCH3 is 1. The molecule has 0 aromatic heterocycles. The van der Waals surface area contributed by atoms with E-state index in [-0.39, 0.29) is 42.5 Å². The van der Waals surface area contributed by atoms with E-state index in [9.17, 15) is 4.79 Å². The van der Waals surface area contributed by atoms with Gasteiger partial charge < -0.3 is 25.4 Å². The van der Waals surface area contributed by atoms with E-state index >= 15 is 0 Å². The second-order valence-electron chi connectivity index (χ2n) is 6.59. The summed E-state index contributed by atoms with van der Waals surface area (Å²) in [7, 11) is 3.37. The van der Waals surface area contributed by atoms with Gasteiger partial charge in [0.15, 0.2) is 5.96 Å². The minimum absolute atomic E-state index is 0. The molecule has 1 aliphatic heterocycles. The second kappa shape index (κ2) is 14.4. The number of guanidine groups is 1. The maximum atomic E-state index is 11.8. The maximum absolute atomic E-state index is 11.8. The number of halogens is 1. The molecule has 1 aliphatic rings. The van der Waals surface area contributed by atoms with Crippen LogP contribution in [0.4, 0.5) is 0 Å². The van der Waals surface area contributed by atoms with Crippen LogP contribution in [0.1, 0.15) is 24.9 Å². The average Bonchev–Trinajstić information content (AvgIpc) is 2.75. The number of rotatable bonds is 9. The number of amides is 1. The molecule has 0 saturated carbocycles. The van der Waals surface area contributed by atoms with Crippen molar-refractivity contribution in [3.05, 3.63) is 29.8 Å². The van der Waals surface area contributed by atoms with Gasteiger partial charge in [0, 0.05) is 33.2 Å². The van der Waals surface area contributed by atoms with Gasteiger partial charge in [0.25, 0.3) is 0 Å². The highest BCUT2D eigenvalue weighted by Crippen LogP contribution is 2.23. The van der Waals surface area contributed by atoms with Crippen LogP contribution in [0.25, 0.3) is 0 Å². The Morgan fingerprint density at radius 3 is 2.48 bits per heavy atom. The Kier molecular flexibility index (Phi) is 12.6. The number of aliphatic imine (C=N–C) groups is 1. The molecule has 1 aromatic rings. The van der Waals surface area contributed by atoms with Gasteiger partial charge in [-0.2, -0.15) is 0 Å². The number of hydrogen-bond donors (Lipinski definition) is 3. The molecule has 164 valence electrons. The van der Waals surface area contributed by atoms with Gasteiger partial charge in [-0.25, -0.2) is 0 Å². The van der Waals surface area contributed by atoms with E-state index in [1.807, 2.05) is 19.1 Å². The van der Waals surface area contributed by atoms with Crippen molar-refractivity contribution in [1.82, 2.24) is 20.9 Å². The molecule has 1 unspecified atom stereocenters. The van der Waals surface area contributed by atoms with E-state index in [1.165, 1.54) is 5.56 Å². The molecule has 0 bridgehead atoms. The topological polar surface area (TPSA) is 87.2 Å². The van der Waals surface area contributed by atoms with Crippen molar-refractivity contribution < 1.29 is 14.3 Å². The summed E-state index contributed by atoms with van der Waals surface area (Å²) < 4.78 is 10.8. The van der Waals surface area contributed by atoms with Crippen LogP contribution < -0.4 is 20.7 Å². The highest BCUT2D eigenvalue weighted by atomic mass is 127. The lowest BCUT2D eigenvalue weighted by Gasteiger charge is -2.35. The van der Waals surface area contributed by atoms with Crippen molar-refractivity contribution in [2.45, 2.75) is 19.4 Å². The molecule has 0 aliphatic carbocycles. The van der Waals surface area contributed by atoms with Crippen molar-refractivity contribution in [3.63, 3.8) is 0 Å². The predicted octanol–water partition coefficient (Wildman–Crippen LogP) is 1.38. The Bertz CT molecular complexity index is 621. The lowest BCUT2D eigenvalue weighted by atomic mass is 10.0. The molecule has 0 radical (unpaired) electrons. The standard InChI is InChI=1S/C20H33N5O3.HI/c1-4-9-22-19(26)15-24-20(21-2)23-14-18(25-10-12-28-13-11-25)16-5-7-17(27-3)8-6-16;/h5-8,18H,4,9-15H2,1-3H3,(H,22,26)(H2,21,23,24);1H. The number of nitrogens with one attached hydrogen (secondary N) is 3. The molecule has 1 heterocycles. The third-order valence-electron chi connectivity index (χ3n) is 4.66. The van der Waals surface area contributed by atoms with Crippen molar-refractivity contribution in [3.8, 4) is 5.75 Å². The molecular formula is C20H34IN5O3. The highest BCUT2D eigenvalue weighted by molar-refractivity contribution is 14.0. The molecule has 0 spiro atoms. The summed E-state index contributed by atoms with van der Waals surface area (Å²) in [6.07, 6.45) is 0.918. The first-order valence-electron chi connectivity index (χ1n) is 9.84. The average molecular weight is 519 g/mol. The smallest absolute Gasteiger partial charge is 0.239 e. The lowest BCUT2D eigenvalue weighted by Crippen LogP contribution is -2.48. The van der Waals surface area contributed by atoms with E-state index in [2.05, 4.69) is 38.0 Å². The normalized spacial score (nSPS) is 15.8. The minimum Gasteiger partial charge on any atom is -0.497 e. The van der Waals surface area contributed by atoms with Crippen LogP contribution in [0, 0.1) is 0 Å². The summed E-state index contributed by atoms with van der Waals surface area (Å²) in [6.45, 7) is 6.80. The van der Waals surface area contributed by atoms with E-state index in [1.54, 1.807) is 14.2 Å². The molecule has 1 saturated heterocycles. The van der Waals surface area contributed by atoms with Crippen molar-refractivity contribution >= 4 is 35.8 Å². The zero-order chi connectivity index (χ0) is 20.2. The quantitative estimate of drug-likeness (QED) is 0.260. The first kappa shape index (κ1) is 25.4. The van der Waals surface area contributed by atoms with Gasteiger partial charge in [0.1, 0.15) is 5.75 Å². The molecule has 1 atom stereocenters. The first-order valence-corrected chi connectivity index (χ1v) is 9.84. The zero-order valence-corrected chi connectivity index (χ0v) is 19.9. The number of benzene rings is 1. The van der Waals surface area contributed by atoms with Gasteiger partial charge in [-0.15, -0.1) is 24.0 Å². The summed E-state index contributed by atoms with van der Waals surface area (Å²) in [4.78, 5) is 18.4. The van der Waals surface area contributed by atoms with Gasteiger partial charge in [-0.05, 0) is 24.1 Å². The van der Waals surface area contributed by atoms with E-state index in [4.69, 9.17) is 9.47 Å². The number of nitrogens with zero attached hydrogens (tertiary/aromatic N) is 2. The molecule has 1 amide bonds. The lowest BCUT2D eigenvalue weighted by molar-refractivity contribution is -0.120. The van der Waals surface area contributed by atoms with Crippen molar-refractivity contribution in [1.29, 1.82) is 0 Å². The summed E-state index contributed by atoms with van der Waals surface area (Å²) in [6, 6.07) is 8.31. The Morgan fingerprint density at radius 1 is 1.21 bits per heavy atom. The molecule has 1 aromatic carbocycles.